The minimum atomic E-state index is 0.620. The van der Waals surface area contributed by atoms with E-state index < -0.39 is 0 Å². The molecule has 256 valence electrons. The monoisotopic (exact) mass is 700 g/mol. The molecule has 2 heterocycles. The summed E-state index contributed by atoms with van der Waals surface area (Å²) < 4.78 is 2.43. The van der Waals surface area contributed by atoms with Gasteiger partial charge in [-0.15, -0.1) is 0 Å². The molecule has 0 saturated heterocycles. The van der Waals surface area contributed by atoms with Crippen LogP contribution in [-0.2, 0) is 0 Å². The predicted molar refractivity (Wildman–Crippen MR) is 228 cm³/mol. The van der Waals surface area contributed by atoms with Crippen molar-refractivity contribution < 1.29 is 0 Å². The summed E-state index contributed by atoms with van der Waals surface area (Å²) in [6.45, 7) is 0. The Labute approximate surface area is 317 Å². The molecule has 11 rings (SSSR count). The lowest BCUT2D eigenvalue weighted by Gasteiger charge is -2.20. The van der Waals surface area contributed by atoms with Gasteiger partial charge in [0.25, 0.3) is 0 Å². The average molecular weight is 701 g/mol. The predicted octanol–water partition coefficient (Wildman–Crippen LogP) is 13.1. The first-order chi connectivity index (χ1) is 27.3. The number of para-hydroxylation sites is 1. The summed E-state index contributed by atoms with van der Waals surface area (Å²) in [5.41, 5.74) is 8.40. The molecule has 9 aromatic carbocycles. The van der Waals surface area contributed by atoms with Crippen LogP contribution in [0.4, 0.5) is 0 Å². The number of hydrogen-bond acceptors (Lipinski definition) is 3. The van der Waals surface area contributed by atoms with Gasteiger partial charge in [-0.3, -0.25) is 0 Å². The molecule has 0 spiro atoms. The van der Waals surface area contributed by atoms with E-state index in [4.69, 9.17) is 15.0 Å². The molecule has 4 heteroatoms. The number of hydrogen-bond donors (Lipinski definition) is 0. The van der Waals surface area contributed by atoms with E-state index in [-0.39, 0.29) is 0 Å². The highest BCUT2D eigenvalue weighted by atomic mass is 15.1. The van der Waals surface area contributed by atoms with Gasteiger partial charge < -0.3 is 4.57 Å². The molecule has 0 saturated carbocycles. The molecule has 11 aromatic rings. The van der Waals surface area contributed by atoms with E-state index in [2.05, 4.69) is 162 Å². The highest BCUT2D eigenvalue weighted by Gasteiger charge is 2.24. The maximum Gasteiger partial charge on any atom is 0.166 e. The van der Waals surface area contributed by atoms with E-state index in [1.165, 1.54) is 37.9 Å². The molecular weight excluding hydrogens is 669 g/mol. The molecule has 0 unspecified atom stereocenters. The Morgan fingerprint density at radius 3 is 1.55 bits per heavy atom. The van der Waals surface area contributed by atoms with Crippen molar-refractivity contribution in [2.75, 3.05) is 0 Å². The lowest BCUT2D eigenvalue weighted by Crippen LogP contribution is -2.05. The highest BCUT2D eigenvalue weighted by Crippen LogP contribution is 2.45. The third-order valence-electron chi connectivity index (χ3n) is 10.8. The summed E-state index contributed by atoms with van der Waals surface area (Å²) in [5, 5.41) is 9.41. The van der Waals surface area contributed by atoms with Crippen LogP contribution in [0, 0.1) is 0 Å². The number of benzene rings is 9. The van der Waals surface area contributed by atoms with E-state index >= 15 is 0 Å². The quantitative estimate of drug-likeness (QED) is 0.179. The van der Waals surface area contributed by atoms with E-state index in [1.54, 1.807) is 0 Å². The second kappa shape index (κ2) is 12.6. The topological polar surface area (TPSA) is 43.6 Å². The molecule has 0 bridgehead atoms. The van der Waals surface area contributed by atoms with Gasteiger partial charge in [0.15, 0.2) is 17.5 Å². The van der Waals surface area contributed by atoms with E-state index in [1.807, 2.05) is 36.4 Å². The van der Waals surface area contributed by atoms with Crippen LogP contribution in [0.15, 0.2) is 194 Å². The molecule has 0 N–H and O–H groups in total. The third kappa shape index (κ3) is 5.11. The first-order valence-corrected chi connectivity index (χ1v) is 18.6. The zero-order valence-electron chi connectivity index (χ0n) is 29.8. The zero-order chi connectivity index (χ0) is 36.3. The smallest absolute Gasteiger partial charge is 0.166 e. The molecular formula is C51H32N4. The van der Waals surface area contributed by atoms with Crippen molar-refractivity contribution in [3.05, 3.63) is 194 Å². The molecule has 0 atom stereocenters. The minimum absolute atomic E-state index is 0.620. The molecule has 0 radical (unpaired) electrons. The van der Waals surface area contributed by atoms with Crippen LogP contribution in [0.2, 0.25) is 0 Å². The van der Waals surface area contributed by atoms with Crippen molar-refractivity contribution in [2.45, 2.75) is 0 Å². The van der Waals surface area contributed by atoms with Gasteiger partial charge in [0.05, 0.1) is 22.3 Å². The number of nitrogens with zero attached hydrogens (tertiary/aromatic N) is 4. The maximum absolute atomic E-state index is 5.35. The Morgan fingerprint density at radius 1 is 0.309 bits per heavy atom. The van der Waals surface area contributed by atoms with Gasteiger partial charge >= 0.3 is 0 Å². The van der Waals surface area contributed by atoms with Crippen molar-refractivity contribution in [1.29, 1.82) is 0 Å². The molecule has 0 aliphatic heterocycles. The van der Waals surface area contributed by atoms with Gasteiger partial charge in [-0.25, -0.2) is 15.0 Å². The van der Waals surface area contributed by atoms with Gasteiger partial charge in [-0.2, -0.15) is 0 Å². The van der Waals surface area contributed by atoms with Crippen LogP contribution in [0.1, 0.15) is 0 Å². The van der Waals surface area contributed by atoms with Gasteiger partial charge in [-0.05, 0) is 67.7 Å². The largest absolute Gasteiger partial charge is 0.308 e. The molecule has 0 aliphatic rings. The highest BCUT2D eigenvalue weighted by molar-refractivity contribution is 6.16. The molecule has 0 aliphatic carbocycles. The van der Waals surface area contributed by atoms with Crippen LogP contribution in [-0.4, -0.2) is 19.5 Å². The fourth-order valence-electron chi connectivity index (χ4n) is 8.29. The first kappa shape index (κ1) is 31.1. The Kier molecular flexibility index (Phi) is 7.14. The summed E-state index contributed by atoms with van der Waals surface area (Å²) in [5.74, 6) is 1.88. The SMILES string of the molecule is c1ccc(-c2nc(-c3ccccc3)nc(-c3c(-n4c5ccccc5c5cc6ccccc6cc54)cc(-c4cccc5ccccc45)c4ccccc34)n2)cc1. The number of rotatable bonds is 5. The van der Waals surface area contributed by atoms with Crippen molar-refractivity contribution in [1.82, 2.24) is 19.5 Å². The van der Waals surface area contributed by atoms with Crippen LogP contribution >= 0.6 is 0 Å². The average Bonchev–Trinajstić information content (AvgIpc) is 3.58. The van der Waals surface area contributed by atoms with Crippen LogP contribution in [0.5, 0.6) is 0 Å². The standard InChI is InChI=1S/C51H32N4/c1-3-17-34(18-4-1)49-52-50(35-19-5-2-6-20-35)54-51(53-49)48-42-27-12-11-25-40(42)43(39-28-15-23-33-16-9-10-24-38(33)39)32-47(48)55-45-29-14-13-26-41(45)44-30-36-21-7-8-22-37(36)31-46(44)55/h1-32H. The van der Waals surface area contributed by atoms with Crippen LogP contribution < -0.4 is 0 Å². The van der Waals surface area contributed by atoms with E-state index in [9.17, 15) is 0 Å². The van der Waals surface area contributed by atoms with E-state index in [0.717, 1.165) is 49.7 Å². The first-order valence-electron chi connectivity index (χ1n) is 18.6. The Balaban J connectivity index is 1.33. The molecule has 0 amide bonds. The fourth-order valence-corrected chi connectivity index (χ4v) is 8.29. The minimum Gasteiger partial charge on any atom is -0.308 e. The second-order valence-electron chi connectivity index (χ2n) is 14.0. The summed E-state index contributed by atoms with van der Waals surface area (Å²) >= 11 is 0. The molecule has 0 fully saturated rings. The summed E-state index contributed by atoms with van der Waals surface area (Å²) in [7, 11) is 0. The molecule has 4 nitrogen and oxygen atoms in total. The summed E-state index contributed by atoms with van der Waals surface area (Å²) in [6, 6.07) is 68.8. The van der Waals surface area contributed by atoms with Crippen molar-refractivity contribution in [3.8, 4) is 51.0 Å². The van der Waals surface area contributed by atoms with Gasteiger partial charge in [0.2, 0.25) is 0 Å². The van der Waals surface area contributed by atoms with Crippen LogP contribution in [0.25, 0.3) is 105 Å². The fraction of sp³-hybridized carbons (Fsp3) is 0. The zero-order valence-corrected chi connectivity index (χ0v) is 29.8. The Morgan fingerprint density at radius 2 is 0.836 bits per heavy atom. The van der Waals surface area contributed by atoms with Crippen molar-refractivity contribution in [2.24, 2.45) is 0 Å². The lowest BCUT2D eigenvalue weighted by atomic mass is 9.90. The maximum atomic E-state index is 5.35. The number of aromatic nitrogens is 4. The molecule has 2 aromatic heterocycles. The van der Waals surface area contributed by atoms with Gasteiger partial charge in [0.1, 0.15) is 0 Å². The molecule has 55 heavy (non-hydrogen) atoms. The summed E-state index contributed by atoms with van der Waals surface area (Å²) in [4.78, 5) is 15.8. The Bertz CT molecular complexity index is 3190. The normalized spacial score (nSPS) is 11.6. The third-order valence-corrected chi connectivity index (χ3v) is 10.8. The van der Waals surface area contributed by atoms with Gasteiger partial charge in [-0.1, -0.05) is 170 Å². The van der Waals surface area contributed by atoms with E-state index in [0.29, 0.717) is 17.5 Å². The summed E-state index contributed by atoms with van der Waals surface area (Å²) in [6.07, 6.45) is 0. The van der Waals surface area contributed by atoms with Gasteiger partial charge in [0, 0.05) is 21.9 Å². The second-order valence-corrected chi connectivity index (χ2v) is 14.0. The lowest BCUT2D eigenvalue weighted by molar-refractivity contribution is 1.07. The van der Waals surface area contributed by atoms with Crippen LogP contribution in [0.3, 0.4) is 0 Å². The Hall–Kier alpha value is -7.43. The number of fused-ring (bicyclic) bond motifs is 6. The van der Waals surface area contributed by atoms with Crippen molar-refractivity contribution >= 4 is 54.1 Å². The van der Waals surface area contributed by atoms with Crippen molar-refractivity contribution in [3.63, 3.8) is 0 Å².